The van der Waals surface area contributed by atoms with Crippen molar-refractivity contribution in [2.45, 2.75) is 45.8 Å². The Labute approximate surface area is 115 Å². The lowest BCUT2D eigenvalue weighted by Crippen LogP contribution is -2.34. The van der Waals surface area contributed by atoms with Gasteiger partial charge < -0.3 is 15.4 Å². The molecule has 5 nitrogen and oxygen atoms in total. The quantitative estimate of drug-likeness (QED) is 0.793. The van der Waals surface area contributed by atoms with E-state index in [9.17, 15) is 0 Å². The standard InChI is InChI=1S/C14H24N4O/c1-4-5-15-12-8-13(16-11-6-10(2)7-11)18-14(17-12)9-19-3/h8,10-11H,4-7,9H2,1-3H3,(H2,15,16,17,18). The maximum absolute atomic E-state index is 5.12. The second-order valence-corrected chi connectivity index (χ2v) is 5.33. The van der Waals surface area contributed by atoms with Crippen molar-refractivity contribution in [3.63, 3.8) is 0 Å². The summed E-state index contributed by atoms with van der Waals surface area (Å²) >= 11 is 0. The van der Waals surface area contributed by atoms with Gasteiger partial charge in [0.25, 0.3) is 0 Å². The van der Waals surface area contributed by atoms with Crippen molar-refractivity contribution in [3.05, 3.63) is 11.9 Å². The first-order valence-electron chi connectivity index (χ1n) is 7.08. The van der Waals surface area contributed by atoms with Gasteiger partial charge in [0, 0.05) is 25.8 Å². The molecule has 0 radical (unpaired) electrons. The highest BCUT2D eigenvalue weighted by molar-refractivity contribution is 5.48. The molecule has 0 aromatic carbocycles. The molecule has 1 aromatic heterocycles. The minimum absolute atomic E-state index is 0.442. The van der Waals surface area contributed by atoms with Crippen molar-refractivity contribution in [2.75, 3.05) is 24.3 Å². The molecule has 0 saturated heterocycles. The molecule has 0 aliphatic heterocycles. The van der Waals surface area contributed by atoms with Gasteiger partial charge in [0.1, 0.15) is 18.2 Å². The fourth-order valence-electron chi connectivity index (χ4n) is 2.34. The Bertz CT molecular complexity index is 404. The summed E-state index contributed by atoms with van der Waals surface area (Å²) in [5.41, 5.74) is 0. The van der Waals surface area contributed by atoms with Gasteiger partial charge in [-0.05, 0) is 25.2 Å². The second kappa shape index (κ2) is 6.70. The van der Waals surface area contributed by atoms with Gasteiger partial charge in [0.15, 0.2) is 5.82 Å². The van der Waals surface area contributed by atoms with E-state index in [4.69, 9.17) is 4.74 Å². The maximum atomic E-state index is 5.12. The highest BCUT2D eigenvalue weighted by Gasteiger charge is 2.25. The normalized spacial score (nSPS) is 21.8. The third-order valence-corrected chi connectivity index (χ3v) is 3.33. The number of ether oxygens (including phenoxy) is 1. The predicted octanol–water partition coefficient (Wildman–Crippen LogP) is 2.66. The molecule has 1 aliphatic rings. The Morgan fingerprint density at radius 2 is 2.05 bits per heavy atom. The summed E-state index contributed by atoms with van der Waals surface area (Å²) < 4.78 is 5.12. The third kappa shape index (κ3) is 4.06. The lowest BCUT2D eigenvalue weighted by molar-refractivity contribution is 0.178. The first kappa shape index (κ1) is 14.1. The minimum atomic E-state index is 0.442. The Hall–Kier alpha value is -1.36. The van der Waals surface area contributed by atoms with Gasteiger partial charge in [-0.1, -0.05) is 13.8 Å². The van der Waals surface area contributed by atoms with E-state index >= 15 is 0 Å². The molecule has 2 rings (SSSR count). The van der Waals surface area contributed by atoms with Crippen LogP contribution < -0.4 is 10.6 Å². The van der Waals surface area contributed by atoms with E-state index in [0.717, 1.165) is 36.3 Å². The Morgan fingerprint density at radius 3 is 2.68 bits per heavy atom. The van der Waals surface area contributed by atoms with E-state index in [-0.39, 0.29) is 0 Å². The summed E-state index contributed by atoms with van der Waals surface area (Å²) in [6.45, 7) is 5.78. The number of rotatable bonds is 7. The predicted molar refractivity (Wildman–Crippen MR) is 77.3 cm³/mol. The van der Waals surface area contributed by atoms with Crippen LogP contribution in [0.3, 0.4) is 0 Å². The van der Waals surface area contributed by atoms with Crippen LogP contribution in [0.5, 0.6) is 0 Å². The molecule has 2 N–H and O–H groups in total. The molecule has 1 heterocycles. The molecule has 106 valence electrons. The average Bonchev–Trinajstić information content (AvgIpc) is 2.35. The highest BCUT2D eigenvalue weighted by atomic mass is 16.5. The van der Waals surface area contributed by atoms with Crippen LogP contribution in [-0.4, -0.2) is 29.7 Å². The Balaban J connectivity index is 2.04. The number of hydrogen-bond donors (Lipinski definition) is 2. The number of aromatic nitrogens is 2. The lowest BCUT2D eigenvalue weighted by atomic mass is 9.82. The summed E-state index contributed by atoms with van der Waals surface area (Å²) in [7, 11) is 1.66. The zero-order valence-corrected chi connectivity index (χ0v) is 12.1. The maximum Gasteiger partial charge on any atom is 0.158 e. The van der Waals surface area contributed by atoms with E-state index in [0.29, 0.717) is 12.6 Å². The number of hydrogen-bond acceptors (Lipinski definition) is 5. The van der Waals surface area contributed by atoms with Crippen LogP contribution >= 0.6 is 0 Å². The molecular formula is C14H24N4O. The molecule has 1 fully saturated rings. The largest absolute Gasteiger partial charge is 0.377 e. The summed E-state index contributed by atoms with van der Waals surface area (Å²) in [4.78, 5) is 8.93. The zero-order chi connectivity index (χ0) is 13.7. The summed E-state index contributed by atoms with van der Waals surface area (Å²) in [6, 6.07) is 2.54. The van der Waals surface area contributed by atoms with Crippen molar-refractivity contribution < 1.29 is 4.74 Å². The highest BCUT2D eigenvalue weighted by Crippen LogP contribution is 2.29. The van der Waals surface area contributed by atoms with Crippen LogP contribution in [0.15, 0.2) is 6.07 Å². The Kier molecular flexibility index (Phi) is 4.96. The molecule has 1 aromatic rings. The molecule has 5 heteroatoms. The first-order chi connectivity index (χ1) is 9.21. The van der Waals surface area contributed by atoms with Crippen molar-refractivity contribution in [1.82, 2.24) is 9.97 Å². The molecule has 0 unspecified atom stereocenters. The summed E-state index contributed by atoms with van der Waals surface area (Å²) in [5, 5.41) is 6.78. The van der Waals surface area contributed by atoms with E-state index in [1.54, 1.807) is 7.11 Å². The lowest BCUT2D eigenvalue weighted by Gasteiger charge is -2.33. The van der Waals surface area contributed by atoms with Crippen molar-refractivity contribution in [2.24, 2.45) is 5.92 Å². The number of nitrogens with zero attached hydrogens (tertiary/aromatic N) is 2. The topological polar surface area (TPSA) is 59.1 Å². The molecule has 0 spiro atoms. The van der Waals surface area contributed by atoms with Gasteiger partial charge in [0.2, 0.25) is 0 Å². The van der Waals surface area contributed by atoms with Crippen LogP contribution in [0.4, 0.5) is 11.6 Å². The minimum Gasteiger partial charge on any atom is -0.377 e. The van der Waals surface area contributed by atoms with Gasteiger partial charge >= 0.3 is 0 Å². The first-order valence-corrected chi connectivity index (χ1v) is 7.08. The van der Waals surface area contributed by atoms with E-state index in [1.807, 2.05) is 6.07 Å². The summed E-state index contributed by atoms with van der Waals surface area (Å²) in [5.74, 6) is 3.32. The average molecular weight is 264 g/mol. The molecule has 0 bridgehead atoms. The van der Waals surface area contributed by atoms with Crippen LogP contribution in [0.25, 0.3) is 0 Å². The van der Waals surface area contributed by atoms with Crippen LogP contribution in [0, 0.1) is 5.92 Å². The van der Waals surface area contributed by atoms with Gasteiger partial charge in [-0.3, -0.25) is 0 Å². The smallest absolute Gasteiger partial charge is 0.158 e. The summed E-state index contributed by atoms with van der Waals surface area (Å²) in [6.07, 6.45) is 3.52. The van der Waals surface area contributed by atoms with Gasteiger partial charge in [-0.2, -0.15) is 0 Å². The van der Waals surface area contributed by atoms with Crippen molar-refractivity contribution >= 4 is 11.6 Å². The van der Waals surface area contributed by atoms with Crippen LogP contribution in [0.2, 0.25) is 0 Å². The molecule has 1 saturated carbocycles. The van der Waals surface area contributed by atoms with E-state index in [2.05, 4.69) is 34.4 Å². The fraction of sp³-hybridized carbons (Fsp3) is 0.714. The second-order valence-electron chi connectivity index (χ2n) is 5.33. The van der Waals surface area contributed by atoms with Gasteiger partial charge in [-0.15, -0.1) is 0 Å². The molecule has 1 aliphatic carbocycles. The molecular weight excluding hydrogens is 240 g/mol. The Morgan fingerprint density at radius 1 is 1.32 bits per heavy atom. The van der Waals surface area contributed by atoms with E-state index < -0.39 is 0 Å². The van der Waals surface area contributed by atoms with Gasteiger partial charge in [-0.25, -0.2) is 9.97 Å². The zero-order valence-electron chi connectivity index (χ0n) is 12.1. The number of nitrogens with one attached hydrogen (secondary N) is 2. The molecule has 0 amide bonds. The van der Waals surface area contributed by atoms with Crippen LogP contribution in [0.1, 0.15) is 38.9 Å². The molecule has 19 heavy (non-hydrogen) atoms. The number of methoxy groups -OCH3 is 1. The molecule has 0 atom stereocenters. The monoisotopic (exact) mass is 264 g/mol. The SMILES string of the molecule is CCCNc1cc(NC2CC(C)C2)nc(COC)n1. The van der Waals surface area contributed by atoms with E-state index in [1.165, 1.54) is 12.8 Å². The van der Waals surface area contributed by atoms with Crippen molar-refractivity contribution in [3.8, 4) is 0 Å². The third-order valence-electron chi connectivity index (χ3n) is 3.33. The number of anilines is 2. The van der Waals surface area contributed by atoms with Crippen molar-refractivity contribution in [1.29, 1.82) is 0 Å². The fourth-order valence-corrected chi connectivity index (χ4v) is 2.34. The van der Waals surface area contributed by atoms with Crippen LogP contribution in [-0.2, 0) is 11.3 Å². The van der Waals surface area contributed by atoms with Gasteiger partial charge in [0.05, 0.1) is 0 Å².